The number of anilines is 2. The van der Waals surface area contributed by atoms with E-state index in [1.807, 2.05) is 0 Å². The zero-order valence-corrected chi connectivity index (χ0v) is 17.2. The highest BCUT2D eigenvalue weighted by molar-refractivity contribution is 6.42. The molecule has 0 spiro atoms. The minimum Gasteiger partial charge on any atom is -0.268 e. The first kappa shape index (κ1) is 19.9. The average molecular weight is 454 g/mol. The number of benzene rings is 4. The van der Waals surface area contributed by atoms with Gasteiger partial charge in [-0.15, -0.1) is 0 Å². The van der Waals surface area contributed by atoms with Crippen LogP contribution in [-0.4, -0.2) is 23.6 Å². The predicted molar refractivity (Wildman–Crippen MR) is 119 cm³/mol. The quantitative estimate of drug-likeness (QED) is 0.411. The molecule has 0 fully saturated rings. The van der Waals surface area contributed by atoms with Crippen LogP contribution in [0.2, 0.25) is 0 Å². The third-order valence-electron chi connectivity index (χ3n) is 6.06. The maximum atomic E-state index is 13.4. The fourth-order valence-electron chi connectivity index (χ4n) is 4.52. The molecule has 0 saturated heterocycles. The van der Waals surface area contributed by atoms with Crippen molar-refractivity contribution < 1.29 is 28.0 Å². The Morgan fingerprint density at radius 2 is 0.676 bits per heavy atom. The Kier molecular flexibility index (Phi) is 4.04. The number of hydrogen-bond donors (Lipinski definition) is 0. The van der Waals surface area contributed by atoms with E-state index < -0.39 is 35.3 Å². The number of halogens is 2. The van der Waals surface area contributed by atoms with E-state index >= 15 is 0 Å². The molecule has 0 radical (unpaired) electrons. The molecular weight excluding hydrogens is 442 g/mol. The standard InChI is InChI=1S/C26H12F2N2O4/c27-13-1-5-15(6-2-13)29-23(31)17-9-11-19-22-20(12-10-18(21(17)22)24(29)32)26(34)30(25(19)33)16-7-3-14(28)4-8-16/h1-12H. The average Bonchev–Trinajstić information content (AvgIpc) is 2.83. The van der Waals surface area contributed by atoms with E-state index in [9.17, 15) is 28.0 Å². The fourth-order valence-corrected chi connectivity index (χ4v) is 4.52. The predicted octanol–water partition coefficient (Wildman–Crippen LogP) is 4.72. The maximum Gasteiger partial charge on any atom is 0.265 e. The van der Waals surface area contributed by atoms with Gasteiger partial charge in [-0.3, -0.25) is 19.2 Å². The Labute approximate surface area is 190 Å². The molecule has 164 valence electrons. The van der Waals surface area contributed by atoms with E-state index in [1.165, 1.54) is 48.5 Å². The summed E-state index contributed by atoms with van der Waals surface area (Å²) in [5.41, 5.74) is 0.992. The van der Waals surface area contributed by atoms with Gasteiger partial charge in [-0.2, -0.15) is 0 Å². The molecule has 8 heteroatoms. The van der Waals surface area contributed by atoms with Crippen LogP contribution >= 0.6 is 0 Å². The van der Waals surface area contributed by atoms with Crippen molar-refractivity contribution in [3.8, 4) is 0 Å². The number of rotatable bonds is 2. The molecule has 0 unspecified atom stereocenters. The van der Waals surface area contributed by atoms with Crippen molar-refractivity contribution >= 4 is 45.8 Å². The van der Waals surface area contributed by atoms with Gasteiger partial charge in [-0.25, -0.2) is 18.6 Å². The number of hydrogen-bond acceptors (Lipinski definition) is 4. The smallest absolute Gasteiger partial charge is 0.265 e. The van der Waals surface area contributed by atoms with Gasteiger partial charge in [-0.05, 0) is 72.8 Å². The summed E-state index contributed by atoms with van der Waals surface area (Å²) in [6.07, 6.45) is 0. The zero-order chi connectivity index (χ0) is 23.7. The molecule has 4 amide bonds. The minimum atomic E-state index is -0.645. The van der Waals surface area contributed by atoms with Crippen molar-refractivity contribution in [2.24, 2.45) is 0 Å². The van der Waals surface area contributed by atoms with Crippen LogP contribution in [0.5, 0.6) is 0 Å². The summed E-state index contributed by atoms with van der Waals surface area (Å²) < 4.78 is 26.8. The van der Waals surface area contributed by atoms with E-state index in [0.29, 0.717) is 0 Å². The first-order valence-corrected chi connectivity index (χ1v) is 10.3. The highest BCUT2D eigenvalue weighted by atomic mass is 19.1. The Morgan fingerprint density at radius 3 is 0.941 bits per heavy atom. The number of imide groups is 2. The van der Waals surface area contributed by atoms with Crippen LogP contribution < -0.4 is 9.80 Å². The molecule has 6 nitrogen and oxygen atoms in total. The Hall–Kier alpha value is -4.72. The van der Waals surface area contributed by atoms with E-state index in [2.05, 4.69) is 0 Å². The van der Waals surface area contributed by atoms with Crippen molar-refractivity contribution in [3.05, 3.63) is 107 Å². The van der Waals surface area contributed by atoms with Crippen LogP contribution in [0.1, 0.15) is 41.4 Å². The van der Waals surface area contributed by atoms with Crippen molar-refractivity contribution in [3.63, 3.8) is 0 Å². The molecule has 0 atom stereocenters. The van der Waals surface area contributed by atoms with Gasteiger partial charge in [0.15, 0.2) is 0 Å². The number of amides is 4. The van der Waals surface area contributed by atoms with Crippen LogP contribution in [0.4, 0.5) is 20.2 Å². The van der Waals surface area contributed by atoms with Gasteiger partial charge in [0, 0.05) is 33.0 Å². The summed E-state index contributed by atoms with van der Waals surface area (Å²) in [4.78, 5) is 55.1. The van der Waals surface area contributed by atoms with Gasteiger partial charge in [0.2, 0.25) is 0 Å². The molecule has 4 aromatic rings. The van der Waals surface area contributed by atoms with Crippen molar-refractivity contribution in [2.45, 2.75) is 0 Å². The molecule has 4 aromatic carbocycles. The van der Waals surface area contributed by atoms with Gasteiger partial charge in [0.05, 0.1) is 11.4 Å². The Balaban J connectivity index is 1.55. The number of nitrogens with zero attached hydrogens (tertiary/aromatic N) is 2. The molecule has 0 bridgehead atoms. The number of carbonyl (C=O) groups is 4. The lowest BCUT2D eigenvalue weighted by Gasteiger charge is -2.31. The molecule has 0 aromatic heterocycles. The molecule has 0 N–H and O–H groups in total. The van der Waals surface area contributed by atoms with Crippen LogP contribution in [-0.2, 0) is 0 Å². The third kappa shape index (κ3) is 2.59. The van der Waals surface area contributed by atoms with Crippen molar-refractivity contribution in [1.29, 1.82) is 0 Å². The van der Waals surface area contributed by atoms with E-state index in [0.717, 1.165) is 34.1 Å². The van der Waals surface area contributed by atoms with Gasteiger partial charge in [-0.1, -0.05) is 0 Å². The summed E-state index contributed by atoms with van der Waals surface area (Å²) in [7, 11) is 0. The van der Waals surface area contributed by atoms with Crippen molar-refractivity contribution in [2.75, 3.05) is 9.80 Å². The maximum absolute atomic E-state index is 13.4. The van der Waals surface area contributed by atoms with Crippen LogP contribution in [0.3, 0.4) is 0 Å². The highest BCUT2D eigenvalue weighted by Crippen LogP contribution is 2.40. The summed E-state index contributed by atoms with van der Waals surface area (Å²) in [6.45, 7) is 0. The largest absolute Gasteiger partial charge is 0.268 e. The molecular formula is C26H12F2N2O4. The number of carbonyl (C=O) groups excluding carboxylic acids is 4. The summed E-state index contributed by atoms with van der Waals surface area (Å²) in [6, 6.07) is 15.6. The molecule has 2 aliphatic heterocycles. The molecule has 2 heterocycles. The Bertz CT molecular complexity index is 1400. The normalized spacial score (nSPS) is 14.9. The first-order chi connectivity index (χ1) is 16.4. The lowest BCUT2D eigenvalue weighted by atomic mass is 9.85. The van der Waals surface area contributed by atoms with E-state index in [-0.39, 0.29) is 44.4 Å². The monoisotopic (exact) mass is 454 g/mol. The molecule has 6 rings (SSSR count). The van der Waals surface area contributed by atoms with Crippen LogP contribution in [0, 0.1) is 11.6 Å². The fraction of sp³-hybridized carbons (Fsp3) is 0. The van der Waals surface area contributed by atoms with Gasteiger partial charge in [0.25, 0.3) is 23.6 Å². The minimum absolute atomic E-state index is 0.148. The second kappa shape index (κ2) is 6.89. The zero-order valence-electron chi connectivity index (χ0n) is 17.2. The summed E-state index contributed by atoms with van der Waals surface area (Å²) in [5.74, 6) is -3.60. The molecule has 34 heavy (non-hydrogen) atoms. The van der Waals surface area contributed by atoms with Crippen molar-refractivity contribution in [1.82, 2.24) is 0 Å². The van der Waals surface area contributed by atoms with Gasteiger partial charge < -0.3 is 0 Å². The summed E-state index contributed by atoms with van der Waals surface area (Å²) >= 11 is 0. The topological polar surface area (TPSA) is 74.8 Å². The lowest BCUT2D eigenvalue weighted by molar-refractivity contribution is 0.0873. The van der Waals surface area contributed by atoms with Crippen LogP contribution in [0.15, 0.2) is 72.8 Å². The van der Waals surface area contributed by atoms with Gasteiger partial charge in [0.1, 0.15) is 11.6 Å². The Morgan fingerprint density at radius 1 is 0.412 bits per heavy atom. The SMILES string of the molecule is O=C1c2ccc3c4c(ccc(c24)C(=O)N1c1ccc(F)cc1)C(=O)N(c1ccc(F)cc1)C3=O. The first-order valence-electron chi connectivity index (χ1n) is 10.3. The summed E-state index contributed by atoms with van der Waals surface area (Å²) in [5, 5.41) is 0.452. The third-order valence-corrected chi connectivity index (χ3v) is 6.06. The van der Waals surface area contributed by atoms with E-state index in [1.54, 1.807) is 0 Å². The molecule has 0 aliphatic carbocycles. The van der Waals surface area contributed by atoms with Crippen LogP contribution in [0.25, 0.3) is 10.8 Å². The van der Waals surface area contributed by atoms with Gasteiger partial charge >= 0.3 is 0 Å². The molecule has 0 saturated carbocycles. The van der Waals surface area contributed by atoms with E-state index in [4.69, 9.17) is 0 Å². The highest BCUT2D eigenvalue weighted by Gasteiger charge is 2.40. The molecule has 2 aliphatic rings. The second-order valence-electron chi connectivity index (χ2n) is 7.92. The lowest BCUT2D eigenvalue weighted by Crippen LogP contribution is -2.43. The second-order valence-corrected chi connectivity index (χ2v) is 7.92.